The molecule has 0 N–H and O–H groups in total. The summed E-state index contributed by atoms with van der Waals surface area (Å²) in [6.07, 6.45) is 3.93. The van der Waals surface area contributed by atoms with Gasteiger partial charge in [-0.15, -0.1) is 11.3 Å². The van der Waals surface area contributed by atoms with Crippen LogP contribution < -0.4 is 0 Å². The van der Waals surface area contributed by atoms with Crippen LogP contribution in [0.4, 0.5) is 0 Å². The Morgan fingerprint density at radius 3 is 0.907 bits per heavy atom. The first-order chi connectivity index (χ1) is 48.2. The monoisotopic (exact) mass is 1250 g/mol. The Morgan fingerprint density at radius 1 is 0.216 bits per heavy atom. The average Bonchev–Trinajstić information content (AvgIpc) is 1.58. The molecule has 6 nitrogen and oxygen atoms in total. The highest BCUT2D eigenvalue weighted by molar-refractivity contribution is 7.21. The lowest BCUT2D eigenvalue weighted by molar-refractivity contribution is 1.04. The van der Waals surface area contributed by atoms with E-state index in [2.05, 4.69) is 346 Å². The third kappa shape index (κ3) is 8.52. The molecule has 0 bridgehead atoms. The van der Waals surface area contributed by atoms with Gasteiger partial charge in [-0.25, -0.2) is 4.98 Å². The number of pyridine rings is 1. The molecule has 0 atom stereocenters. The molecular weight excluding hydrogens is 1200 g/mol. The summed E-state index contributed by atoms with van der Waals surface area (Å²) in [5, 5.41) is 10.0. The second-order valence-corrected chi connectivity index (χ2v) is 26.2. The summed E-state index contributed by atoms with van der Waals surface area (Å²) in [6, 6.07) is 121. The minimum Gasteiger partial charge on any atom is -0.308 e. The van der Waals surface area contributed by atoms with Gasteiger partial charge in [0.05, 0.1) is 82.7 Å². The molecular formula is C90H56N6S. The number of rotatable bonds is 10. The fourth-order valence-electron chi connectivity index (χ4n) is 15.6. The largest absolute Gasteiger partial charge is 0.308 e. The zero-order valence-electron chi connectivity index (χ0n) is 52.4. The van der Waals surface area contributed by atoms with Gasteiger partial charge in [0.1, 0.15) is 5.01 Å². The molecule has 0 aliphatic carbocycles. The van der Waals surface area contributed by atoms with Gasteiger partial charge in [-0.2, -0.15) is 0 Å². The third-order valence-corrected chi connectivity index (χ3v) is 20.9. The van der Waals surface area contributed by atoms with E-state index < -0.39 is 0 Å². The van der Waals surface area contributed by atoms with Crippen molar-refractivity contribution >= 4 is 109 Å². The molecule has 6 aromatic heterocycles. The molecule has 0 unspecified atom stereocenters. The first-order valence-corrected chi connectivity index (χ1v) is 33.8. The fraction of sp³-hybridized carbons (Fsp3) is 0. The van der Waals surface area contributed by atoms with Crippen LogP contribution in [0, 0.1) is 0 Å². The normalized spacial score (nSPS) is 11.9. The maximum absolute atomic E-state index is 5.97. The van der Waals surface area contributed by atoms with E-state index in [-0.39, 0.29) is 0 Å². The van der Waals surface area contributed by atoms with Gasteiger partial charge in [-0.3, -0.25) is 4.98 Å². The lowest BCUT2D eigenvalue weighted by atomic mass is 9.93. The SMILES string of the molecule is c1ccc(-c2ccc3c(c2)c2ccccc2n3-c2c(-c3ccncc3)c(-n3c4ccccc4c4cc(-c5ccccc5)ccc43)c(-n3c4ccccc4c4cc(-c5ccccc5)ccc43)c(-n3c4ccccc4c4cc(-c5ccccc5)ccc43)c2-c2nc3ccccc3s2)cc1. The Bertz CT molecular complexity index is 6500. The first kappa shape index (κ1) is 54.8. The zero-order chi connectivity index (χ0) is 63.7. The molecule has 0 fully saturated rings. The van der Waals surface area contributed by atoms with Crippen molar-refractivity contribution in [3.63, 3.8) is 0 Å². The van der Waals surface area contributed by atoms with Gasteiger partial charge in [0.2, 0.25) is 0 Å². The van der Waals surface area contributed by atoms with Crippen molar-refractivity contribution < 1.29 is 0 Å². The fourth-order valence-corrected chi connectivity index (χ4v) is 16.7. The summed E-state index contributed by atoms with van der Waals surface area (Å²) in [7, 11) is 0. The maximum Gasteiger partial charge on any atom is 0.128 e. The molecule has 0 saturated carbocycles. The Kier molecular flexibility index (Phi) is 12.4. The number of fused-ring (bicyclic) bond motifs is 13. The number of benzene rings is 14. The summed E-state index contributed by atoms with van der Waals surface area (Å²) in [6.45, 7) is 0. The van der Waals surface area contributed by atoms with Gasteiger partial charge < -0.3 is 18.3 Å². The van der Waals surface area contributed by atoms with E-state index in [4.69, 9.17) is 9.97 Å². The zero-order valence-corrected chi connectivity index (χ0v) is 53.2. The van der Waals surface area contributed by atoms with Crippen molar-refractivity contribution in [1.29, 1.82) is 0 Å². The van der Waals surface area contributed by atoms with E-state index in [1.54, 1.807) is 11.3 Å². The van der Waals surface area contributed by atoms with Crippen LogP contribution in [0.3, 0.4) is 0 Å². The van der Waals surface area contributed by atoms with Gasteiger partial charge in [0.15, 0.2) is 0 Å². The second kappa shape index (κ2) is 22.0. The molecule has 20 aromatic rings. The third-order valence-electron chi connectivity index (χ3n) is 19.9. The smallest absolute Gasteiger partial charge is 0.128 e. The minimum absolute atomic E-state index is 0.884. The number of nitrogens with zero attached hydrogens (tertiary/aromatic N) is 6. The predicted molar refractivity (Wildman–Crippen MR) is 407 cm³/mol. The summed E-state index contributed by atoms with van der Waals surface area (Å²) < 4.78 is 11.5. The van der Waals surface area contributed by atoms with Gasteiger partial charge >= 0.3 is 0 Å². The van der Waals surface area contributed by atoms with Crippen molar-refractivity contribution in [3.8, 4) is 89.0 Å². The van der Waals surface area contributed by atoms with Crippen LogP contribution in [-0.2, 0) is 0 Å². The van der Waals surface area contributed by atoms with Gasteiger partial charge in [0.25, 0.3) is 0 Å². The molecule has 0 radical (unpaired) electrons. The molecule has 7 heteroatoms. The van der Waals surface area contributed by atoms with Crippen molar-refractivity contribution in [2.45, 2.75) is 0 Å². The Hall–Kier alpha value is -12.7. The first-order valence-electron chi connectivity index (χ1n) is 33.0. The topological polar surface area (TPSA) is 45.5 Å². The Balaban J connectivity index is 1.09. The quantitative estimate of drug-likeness (QED) is 0.137. The van der Waals surface area contributed by atoms with Crippen molar-refractivity contribution in [1.82, 2.24) is 28.2 Å². The highest BCUT2D eigenvalue weighted by Crippen LogP contribution is 2.56. The van der Waals surface area contributed by atoms with Crippen LogP contribution in [0.25, 0.3) is 186 Å². The standard InChI is InChI=1S/C90H56N6S/c1-5-23-57(24-6-1)62-41-45-79-70(53-62)66-31-13-18-36-75(66)93(79)86-84(61-49-51-91-52-50-61)87(94-76-37-19-14-32-67(76)71-54-63(42-46-80(71)94)58-25-7-2-8-26-58)89(96-78-39-21-16-34-69(78)73-56-65(44-48-82(73)96)60-29-11-4-12-30-60)88(85(86)90-92-74-35-17-22-40-83(74)97-90)95-77-38-20-15-33-68(77)72-55-64(43-47-81(72)95)59-27-9-3-10-28-59/h1-56H. The van der Waals surface area contributed by atoms with E-state index >= 15 is 0 Å². The summed E-state index contributed by atoms with van der Waals surface area (Å²) in [4.78, 5) is 10.8. The van der Waals surface area contributed by atoms with Gasteiger partial charge in [-0.05, 0) is 147 Å². The molecule has 0 saturated heterocycles. The van der Waals surface area contributed by atoms with Gasteiger partial charge in [0, 0.05) is 61.0 Å². The molecule has 6 heterocycles. The summed E-state index contributed by atoms with van der Waals surface area (Å²) >= 11 is 1.75. The molecule has 20 rings (SSSR count). The molecule has 14 aromatic carbocycles. The van der Waals surface area contributed by atoms with E-state index in [1.807, 2.05) is 12.4 Å². The van der Waals surface area contributed by atoms with E-state index in [1.165, 1.54) is 0 Å². The summed E-state index contributed by atoms with van der Waals surface area (Å²) in [5.74, 6) is 0. The minimum atomic E-state index is 0.884. The van der Waals surface area contributed by atoms with Crippen LogP contribution >= 0.6 is 11.3 Å². The number of para-hydroxylation sites is 5. The number of thiazole rings is 1. The van der Waals surface area contributed by atoms with Crippen LogP contribution in [0.2, 0.25) is 0 Å². The van der Waals surface area contributed by atoms with Crippen LogP contribution in [0.5, 0.6) is 0 Å². The predicted octanol–water partition coefficient (Wildman–Crippen LogP) is 24.1. The van der Waals surface area contributed by atoms with Crippen LogP contribution in [0.1, 0.15) is 0 Å². The number of hydrogen-bond acceptors (Lipinski definition) is 3. The molecule has 0 aliphatic heterocycles. The van der Waals surface area contributed by atoms with Crippen LogP contribution in [-0.4, -0.2) is 28.2 Å². The molecule has 452 valence electrons. The number of aromatic nitrogens is 6. The summed E-state index contributed by atoms with van der Waals surface area (Å²) in [5.41, 5.74) is 25.6. The lowest BCUT2D eigenvalue weighted by Crippen LogP contribution is -2.16. The number of hydrogen-bond donors (Lipinski definition) is 0. The highest BCUT2D eigenvalue weighted by atomic mass is 32.1. The molecule has 97 heavy (non-hydrogen) atoms. The molecule has 0 amide bonds. The molecule has 0 spiro atoms. The average molecular weight is 1250 g/mol. The second-order valence-electron chi connectivity index (χ2n) is 25.2. The highest BCUT2D eigenvalue weighted by Gasteiger charge is 2.37. The van der Waals surface area contributed by atoms with E-state index in [0.29, 0.717) is 0 Å². The van der Waals surface area contributed by atoms with Crippen molar-refractivity contribution in [2.24, 2.45) is 0 Å². The molecule has 0 aliphatic rings. The lowest BCUT2D eigenvalue weighted by Gasteiger charge is -2.30. The van der Waals surface area contributed by atoms with E-state index in [9.17, 15) is 0 Å². The maximum atomic E-state index is 5.97. The van der Waals surface area contributed by atoms with Gasteiger partial charge in [-0.1, -0.05) is 231 Å². The Morgan fingerprint density at radius 2 is 0.526 bits per heavy atom. The van der Waals surface area contributed by atoms with Crippen LogP contribution in [0.15, 0.2) is 340 Å². The van der Waals surface area contributed by atoms with E-state index in [0.717, 1.165) is 186 Å². The van der Waals surface area contributed by atoms with Crippen molar-refractivity contribution in [2.75, 3.05) is 0 Å². The van der Waals surface area contributed by atoms with Crippen molar-refractivity contribution in [3.05, 3.63) is 340 Å². The Labute approximate surface area is 562 Å².